The van der Waals surface area contributed by atoms with Crippen molar-refractivity contribution in [3.05, 3.63) is 28.9 Å². The van der Waals surface area contributed by atoms with E-state index in [9.17, 15) is 4.79 Å². The normalized spacial score (nSPS) is 13.6. The molecule has 0 fully saturated rings. The smallest absolute Gasteiger partial charge is 0.274 e. The van der Waals surface area contributed by atoms with Crippen molar-refractivity contribution < 1.29 is 4.79 Å². The van der Waals surface area contributed by atoms with Crippen molar-refractivity contribution >= 4 is 18.0 Å². The van der Waals surface area contributed by atoms with Crippen LogP contribution in [0.4, 0.5) is 4.79 Å². The molecule has 2 rings (SSSR count). The number of urea groups is 1. The second-order valence-electron chi connectivity index (χ2n) is 2.27. The van der Waals surface area contributed by atoms with Crippen LogP contribution < -0.4 is 15.9 Å². The van der Waals surface area contributed by atoms with Crippen LogP contribution in [0, 0.1) is 0 Å². The lowest BCUT2D eigenvalue weighted by molar-refractivity contribution is 0.256. The molecule has 2 N–H and O–H groups in total. The molecule has 5 heteroatoms. The van der Waals surface area contributed by atoms with E-state index in [0.717, 1.165) is 16.8 Å². The molecule has 12 heavy (non-hydrogen) atoms. The molecule has 0 aliphatic carbocycles. The largest absolute Gasteiger partial charge is 0.368 e. The van der Waals surface area contributed by atoms with Crippen LogP contribution >= 0.6 is 11.9 Å². The third-order valence-electron chi connectivity index (χ3n) is 1.52. The highest BCUT2D eigenvalue weighted by atomic mass is 32.2. The highest BCUT2D eigenvalue weighted by Crippen LogP contribution is 2.05. The number of fused-ring (bicyclic) bond motifs is 1. The van der Waals surface area contributed by atoms with Crippen LogP contribution in [0.5, 0.6) is 0 Å². The molecule has 1 aromatic carbocycles. The van der Waals surface area contributed by atoms with Gasteiger partial charge in [0.05, 0.1) is 10.7 Å². The van der Waals surface area contributed by atoms with Crippen molar-refractivity contribution in [3.63, 3.8) is 0 Å². The predicted octanol–water partition coefficient (Wildman–Crippen LogP) is 0.0252. The highest BCUT2D eigenvalue weighted by molar-refractivity contribution is 7.97. The Hall–Kier alpha value is -1.20. The van der Waals surface area contributed by atoms with Gasteiger partial charge >= 0.3 is 6.03 Å². The topological polar surface area (TPSA) is 67.8 Å². The summed E-state index contributed by atoms with van der Waals surface area (Å²) in [5.41, 5.74) is 0. The molecule has 4 nitrogen and oxygen atoms in total. The van der Waals surface area contributed by atoms with Gasteiger partial charge in [0, 0.05) is 4.90 Å². The Morgan fingerprint density at radius 3 is 2.75 bits per heavy atom. The molecule has 0 unspecified atom stereocenters. The zero-order valence-electron chi connectivity index (χ0n) is 6.02. The summed E-state index contributed by atoms with van der Waals surface area (Å²) in [5.74, 6) is 0. The maximum absolute atomic E-state index is 10.7. The van der Waals surface area contributed by atoms with Crippen molar-refractivity contribution in [2.75, 3.05) is 0 Å². The maximum Gasteiger partial charge on any atom is 0.368 e. The molecule has 0 saturated heterocycles. The van der Waals surface area contributed by atoms with Gasteiger partial charge in [0.1, 0.15) is 0 Å². The summed E-state index contributed by atoms with van der Waals surface area (Å²) in [6.07, 6.45) is 0. The first kappa shape index (κ1) is 7.45. The van der Waals surface area contributed by atoms with E-state index >= 15 is 0 Å². The predicted molar refractivity (Wildman–Crippen MR) is 44.2 cm³/mol. The summed E-state index contributed by atoms with van der Waals surface area (Å²) in [6, 6.07) is 4.85. The van der Waals surface area contributed by atoms with Gasteiger partial charge in [0.15, 0.2) is 0 Å². The fourth-order valence-corrected chi connectivity index (χ4v) is 1.32. The lowest BCUT2D eigenvalue weighted by atomic mass is 10.3. The van der Waals surface area contributed by atoms with E-state index in [1.165, 1.54) is 0 Å². The van der Waals surface area contributed by atoms with E-state index in [0.29, 0.717) is 10.7 Å². The first-order valence-corrected chi connectivity index (χ1v) is 4.16. The number of nitrogens with two attached hydrogens (primary N) is 1. The first-order valence-electron chi connectivity index (χ1n) is 3.28. The number of carbonyl (C=O) groups is 1. The highest BCUT2D eigenvalue weighted by Gasteiger charge is 2.04. The van der Waals surface area contributed by atoms with Crippen molar-refractivity contribution in [1.29, 1.82) is 0 Å². The van der Waals surface area contributed by atoms with Crippen LogP contribution in [0.15, 0.2) is 33.1 Å². The van der Waals surface area contributed by atoms with Crippen molar-refractivity contribution in [3.8, 4) is 0 Å². The van der Waals surface area contributed by atoms with Gasteiger partial charge in [0.25, 0.3) is 0 Å². The van der Waals surface area contributed by atoms with Gasteiger partial charge in [-0.2, -0.15) is 9.98 Å². The Labute approximate surface area is 72.3 Å². The minimum atomic E-state index is -0.441. The second-order valence-corrected chi connectivity index (χ2v) is 2.98. The van der Waals surface area contributed by atoms with Gasteiger partial charge < -0.3 is 0 Å². The average Bonchev–Trinajstić information content (AvgIpc) is 2.43. The van der Waals surface area contributed by atoms with Gasteiger partial charge in [0.2, 0.25) is 0 Å². The fraction of sp³-hybridized carbons (Fsp3) is 0. The summed E-state index contributed by atoms with van der Waals surface area (Å²) in [6.45, 7) is 0. The molecule has 0 atom stereocenters. The van der Waals surface area contributed by atoms with Gasteiger partial charge in [-0.1, -0.05) is 0 Å². The number of hydrogen-bond acceptors (Lipinski definition) is 3. The van der Waals surface area contributed by atoms with Crippen LogP contribution in [0.1, 0.15) is 0 Å². The molecule has 0 aromatic heterocycles. The van der Waals surface area contributed by atoms with Crippen LogP contribution in [0.3, 0.4) is 0 Å². The first-order chi connectivity index (χ1) is 5.79. The van der Waals surface area contributed by atoms with Crippen LogP contribution in [0.2, 0.25) is 0 Å². The molecule has 1 aliphatic heterocycles. The Balaban J connectivity index is 2.72. The minimum absolute atomic E-state index is 0.441. The molecule has 2 amide bonds. The van der Waals surface area contributed by atoms with Gasteiger partial charge in [-0.3, -0.25) is 5.14 Å². The summed E-state index contributed by atoms with van der Waals surface area (Å²) in [7, 11) is 0. The van der Waals surface area contributed by atoms with Crippen LogP contribution in [-0.4, -0.2) is 6.03 Å². The zero-order valence-corrected chi connectivity index (χ0v) is 6.84. The van der Waals surface area contributed by atoms with E-state index in [1.807, 2.05) is 0 Å². The lowest BCUT2D eigenvalue weighted by Crippen LogP contribution is -2.20. The molecule has 0 bridgehead atoms. The van der Waals surface area contributed by atoms with Crippen LogP contribution in [0.25, 0.3) is 0 Å². The fourth-order valence-electron chi connectivity index (χ4n) is 0.992. The van der Waals surface area contributed by atoms with Gasteiger partial charge in [-0.05, 0) is 30.1 Å². The Morgan fingerprint density at radius 2 is 2.00 bits per heavy atom. The molecule has 1 aromatic rings. The average molecular weight is 179 g/mol. The number of carbonyl (C=O) groups excluding carboxylic acids is 1. The van der Waals surface area contributed by atoms with E-state index in [-0.39, 0.29) is 0 Å². The number of rotatable bonds is 1. The number of amides is 2. The molecular weight excluding hydrogens is 174 g/mol. The molecule has 0 radical (unpaired) electrons. The molecular formula is C7H5N3OS. The lowest BCUT2D eigenvalue weighted by Gasteiger charge is -1.90. The Bertz CT molecular complexity index is 454. The van der Waals surface area contributed by atoms with Gasteiger partial charge in [-0.15, -0.1) is 0 Å². The summed E-state index contributed by atoms with van der Waals surface area (Å²) in [4.78, 5) is 19.0. The summed E-state index contributed by atoms with van der Waals surface area (Å²) in [5, 5.41) is 6.57. The Kier molecular flexibility index (Phi) is 1.67. The molecule has 1 aliphatic rings. The van der Waals surface area contributed by atoms with Gasteiger partial charge in [-0.25, -0.2) is 4.79 Å². The van der Waals surface area contributed by atoms with E-state index < -0.39 is 6.03 Å². The monoisotopic (exact) mass is 179 g/mol. The summed E-state index contributed by atoms with van der Waals surface area (Å²) >= 11 is 1.12. The van der Waals surface area contributed by atoms with Crippen molar-refractivity contribution in [1.82, 2.24) is 0 Å². The van der Waals surface area contributed by atoms with Crippen LogP contribution in [-0.2, 0) is 0 Å². The SMILES string of the molecule is NSc1ccc2c(c1)=NC(=O)N=2. The zero-order chi connectivity index (χ0) is 8.55. The van der Waals surface area contributed by atoms with E-state index in [1.54, 1.807) is 18.2 Å². The molecule has 0 saturated carbocycles. The standard InChI is InChI=1S/C7H5N3OS/c8-12-4-1-2-5-6(3-4)10-7(11)9-5/h1-3H,8H2. The molecule has 60 valence electrons. The molecule has 1 heterocycles. The van der Waals surface area contributed by atoms with E-state index in [2.05, 4.69) is 9.98 Å². The second kappa shape index (κ2) is 2.69. The number of benzene rings is 1. The quantitative estimate of drug-likeness (QED) is 0.618. The maximum atomic E-state index is 10.7. The third-order valence-corrected chi connectivity index (χ3v) is 2.04. The summed E-state index contributed by atoms with van der Waals surface area (Å²) < 4.78 is 0. The number of nitrogens with zero attached hydrogens (tertiary/aromatic N) is 2. The molecule has 0 spiro atoms. The number of hydrogen-bond donors (Lipinski definition) is 1. The van der Waals surface area contributed by atoms with Crippen molar-refractivity contribution in [2.45, 2.75) is 4.90 Å². The minimum Gasteiger partial charge on any atom is -0.274 e. The third kappa shape index (κ3) is 1.13. The van der Waals surface area contributed by atoms with E-state index in [4.69, 9.17) is 5.14 Å². The van der Waals surface area contributed by atoms with Crippen molar-refractivity contribution in [2.24, 2.45) is 15.1 Å². The Morgan fingerprint density at radius 1 is 1.25 bits per heavy atom.